The highest BCUT2D eigenvalue weighted by Gasteiger charge is 2.24. The van der Waals surface area contributed by atoms with Gasteiger partial charge in [-0.25, -0.2) is 5.06 Å². The van der Waals surface area contributed by atoms with E-state index in [-0.39, 0.29) is 11.9 Å². The fourth-order valence-corrected chi connectivity index (χ4v) is 5.47. The molecule has 234 valence electrons. The van der Waals surface area contributed by atoms with E-state index in [9.17, 15) is 4.79 Å². The van der Waals surface area contributed by atoms with Crippen LogP contribution in [0.2, 0.25) is 0 Å². The lowest BCUT2D eigenvalue weighted by Gasteiger charge is -2.31. The average Bonchev–Trinajstić information content (AvgIpc) is 2.92. The van der Waals surface area contributed by atoms with E-state index in [1.54, 1.807) is 0 Å². The summed E-state index contributed by atoms with van der Waals surface area (Å²) in [5, 5.41) is 1.89. The van der Waals surface area contributed by atoms with E-state index < -0.39 is 0 Å². The molecule has 0 radical (unpaired) electrons. The zero-order valence-electron chi connectivity index (χ0n) is 27.6. The van der Waals surface area contributed by atoms with Crippen molar-refractivity contribution < 1.29 is 9.63 Å². The normalized spacial score (nSPS) is 12.4. The molecule has 0 fully saturated rings. The smallest absolute Gasteiger partial charge is 0.246 e. The predicted molar refractivity (Wildman–Crippen MR) is 172 cm³/mol. The highest BCUT2D eigenvalue weighted by Crippen LogP contribution is 2.21. The van der Waals surface area contributed by atoms with E-state index in [4.69, 9.17) is 4.84 Å². The van der Waals surface area contributed by atoms with Crippen LogP contribution in [0.3, 0.4) is 0 Å². The summed E-state index contributed by atoms with van der Waals surface area (Å²) in [6.45, 7) is 8.59. The molecule has 0 spiro atoms. The Bertz CT molecular complexity index is 497. The van der Waals surface area contributed by atoms with Crippen molar-refractivity contribution >= 4 is 5.91 Å². The van der Waals surface area contributed by atoms with Gasteiger partial charge in [0, 0.05) is 6.42 Å². The molecule has 1 amide bonds. The van der Waals surface area contributed by atoms with Crippen molar-refractivity contribution in [2.45, 2.75) is 194 Å². The molecule has 1 unspecified atom stereocenters. The van der Waals surface area contributed by atoms with Crippen molar-refractivity contribution in [1.82, 2.24) is 9.96 Å². The molecule has 0 aromatic heterocycles. The number of rotatable bonds is 31. The van der Waals surface area contributed by atoms with Crippen LogP contribution in [-0.2, 0) is 9.63 Å². The minimum Gasteiger partial charge on any atom is -0.309 e. The fourth-order valence-electron chi connectivity index (χ4n) is 5.47. The lowest BCUT2D eigenvalue weighted by atomic mass is 9.99. The van der Waals surface area contributed by atoms with Gasteiger partial charge in [-0.3, -0.25) is 9.63 Å². The SMILES string of the molecule is CCCCCCCCCCON(C(=O)CCCCN(C)C)C(CCCCCCC)CCCCCCCCCC. The summed E-state index contributed by atoms with van der Waals surface area (Å²) in [5.41, 5.74) is 0. The number of carbonyl (C=O) groups excluding carboxylic acids is 1. The van der Waals surface area contributed by atoms with Gasteiger partial charge in [-0.2, -0.15) is 0 Å². The highest BCUT2D eigenvalue weighted by atomic mass is 16.7. The maximum absolute atomic E-state index is 13.5. The van der Waals surface area contributed by atoms with E-state index in [1.807, 2.05) is 5.06 Å². The second kappa shape index (κ2) is 30.4. The molecule has 39 heavy (non-hydrogen) atoms. The molecule has 4 heteroatoms. The first kappa shape index (κ1) is 38.4. The van der Waals surface area contributed by atoms with Crippen molar-refractivity contribution in [1.29, 1.82) is 0 Å². The van der Waals surface area contributed by atoms with Crippen molar-refractivity contribution in [3.63, 3.8) is 0 Å². The van der Waals surface area contributed by atoms with Gasteiger partial charge in [0.25, 0.3) is 0 Å². The third-order valence-corrected chi connectivity index (χ3v) is 8.08. The summed E-state index contributed by atoms with van der Waals surface area (Å²) < 4.78 is 0. The summed E-state index contributed by atoms with van der Waals surface area (Å²) in [7, 11) is 4.22. The van der Waals surface area contributed by atoms with E-state index in [1.165, 1.54) is 128 Å². The van der Waals surface area contributed by atoms with E-state index in [2.05, 4.69) is 39.8 Å². The Morgan fingerprint density at radius 3 is 1.38 bits per heavy atom. The Labute approximate surface area is 246 Å². The van der Waals surface area contributed by atoms with Crippen molar-refractivity contribution in [3.8, 4) is 0 Å². The minimum atomic E-state index is 0.228. The minimum absolute atomic E-state index is 0.228. The Morgan fingerprint density at radius 1 is 0.538 bits per heavy atom. The van der Waals surface area contributed by atoms with Crippen molar-refractivity contribution in [2.24, 2.45) is 0 Å². The van der Waals surface area contributed by atoms with Gasteiger partial charge in [-0.1, -0.05) is 149 Å². The van der Waals surface area contributed by atoms with Crippen LogP contribution in [0.4, 0.5) is 0 Å². The number of hydrogen-bond acceptors (Lipinski definition) is 3. The van der Waals surface area contributed by atoms with Crippen LogP contribution >= 0.6 is 0 Å². The zero-order valence-corrected chi connectivity index (χ0v) is 27.6. The Kier molecular flexibility index (Phi) is 29.9. The Morgan fingerprint density at radius 2 is 0.949 bits per heavy atom. The van der Waals surface area contributed by atoms with Crippen LogP contribution in [0.15, 0.2) is 0 Å². The molecule has 1 atom stereocenters. The van der Waals surface area contributed by atoms with Crippen LogP contribution in [0, 0.1) is 0 Å². The largest absolute Gasteiger partial charge is 0.309 e. The zero-order chi connectivity index (χ0) is 28.8. The molecule has 0 aromatic carbocycles. The molecule has 4 nitrogen and oxygen atoms in total. The van der Waals surface area contributed by atoms with Crippen LogP contribution in [0.5, 0.6) is 0 Å². The first-order chi connectivity index (χ1) is 19.1. The summed E-state index contributed by atoms with van der Waals surface area (Å²) in [4.78, 5) is 22.0. The standard InChI is InChI=1S/C35H72N2O2/c1-6-9-12-15-17-19-22-25-30-34(29-24-21-14-11-8-3)37(35(38)31-26-27-32-36(4)5)39-33-28-23-20-18-16-13-10-7-2/h34H,6-33H2,1-5H3. The second-order valence-electron chi connectivity index (χ2n) is 12.4. The molecule has 0 aliphatic heterocycles. The molecule has 0 rings (SSSR count). The molecule has 0 N–H and O–H groups in total. The topological polar surface area (TPSA) is 32.8 Å². The molecule has 0 heterocycles. The summed E-state index contributed by atoms with van der Waals surface area (Å²) in [6.07, 6.45) is 32.3. The Hall–Kier alpha value is -0.610. The summed E-state index contributed by atoms with van der Waals surface area (Å²) in [5.74, 6) is 0.228. The highest BCUT2D eigenvalue weighted by molar-refractivity contribution is 5.75. The third kappa shape index (κ3) is 26.1. The number of carbonyl (C=O) groups is 1. The quantitative estimate of drug-likeness (QED) is 0.0633. The molecule has 0 aromatic rings. The first-order valence-corrected chi connectivity index (χ1v) is 17.7. The number of amides is 1. The van der Waals surface area contributed by atoms with E-state index >= 15 is 0 Å². The van der Waals surface area contributed by atoms with Crippen LogP contribution in [0.1, 0.15) is 188 Å². The predicted octanol–water partition coefficient (Wildman–Crippen LogP) is 10.9. The Balaban J connectivity index is 4.86. The second-order valence-corrected chi connectivity index (χ2v) is 12.4. The van der Waals surface area contributed by atoms with Gasteiger partial charge < -0.3 is 4.90 Å². The molecule has 0 saturated carbocycles. The molecule has 0 bridgehead atoms. The van der Waals surface area contributed by atoms with Gasteiger partial charge in [-0.15, -0.1) is 0 Å². The van der Waals surface area contributed by atoms with Crippen LogP contribution in [0.25, 0.3) is 0 Å². The molecular weight excluding hydrogens is 480 g/mol. The number of hydroxylamine groups is 2. The summed E-state index contributed by atoms with van der Waals surface area (Å²) >= 11 is 0. The van der Waals surface area contributed by atoms with Crippen molar-refractivity contribution in [2.75, 3.05) is 27.2 Å². The van der Waals surface area contributed by atoms with Crippen LogP contribution < -0.4 is 0 Å². The van der Waals surface area contributed by atoms with Gasteiger partial charge in [0.2, 0.25) is 5.91 Å². The number of hydrogen-bond donors (Lipinski definition) is 0. The maximum atomic E-state index is 13.5. The van der Waals surface area contributed by atoms with Gasteiger partial charge >= 0.3 is 0 Å². The molecular formula is C35H72N2O2. The van der Waals surface area contributed by atoms with E-state index in [0.29, 0.717) is 13.0 Å². The van der Waals surface area contributed by atoms with E-state index in [0.717, 1.165) is 38.6 Å². The van der Waals surface area contributed by atoms with Gasteiger partial charge in [0.15, 0.2) is 0 Å². The monoisotopic (exact) mass is 553 g/mol. The molecule has 0 aliphatic carbocycles. The van der Waals surface area contributed by atoms with Gasteiger partial charge in [0.1, 0.15) is 0 Å². The summed E-state index contributed by atoms with van der Waals surface area (Å²) in [6, 6.07) is 0.252. The van der Waals surface area contributed by atoms with Crippen molar-refractivity contribution in [3.05, 3.63) is 0 Å². The number of unbranched alkanes of at least 4 members (excludes halogenated alkanes) is 19. The maximum Gasteiger partial charge on any atom is 0.246 e. The van der Waals surface area contributed by atoms with Gasteiger partial charge in [-0.05, 0) is 52.7 Å². The molecule has 0 saturated heterocycles. The lowest BCUT2D eigenvalue weighted by Crippen LogP contribution is -2.40. The third-order valence-electron chi connectivity index (χ3n) is 8.08. The van der Waals surface area contributed by atoms with Crippen LogP contribution in [-0.4, -0.2) is 49.2 Å². The molecule has 0 aliphatic rings. The lowest BCUT2D eigenvalue weighted by molar-refractivity contribution is -0.203. The fraction of sp³-hybridized carbons (Fsp3) is 0.971. The number of nitrogens with zero attached hydrogens (tertiary/aromatic N) is 2. The first-order valence-electron chi connectivity index (χ1n) is 17.7. The van der Waals surface area contributed by atoms with Gasteiger partial charge in [0.05, 0.1) is 12.6 Å². The average molecular weight is 553 g/mol.